The van der Waals surface area contributed by atoms with Gasteiger partial charge in [0.25, 0.3) is 0 Å². The molecule has 1 fully saturated rings. The number of amides is 1. The molecule has 1 aliphatic rings. The smallest absolute Gasteiger partial charge is 0.237 e. The lowest BCUT2D eigenvalue weighted by Gasteiger charge is -2.20. The second kappa shape index (κ2) is 7.74. The van der Waals surface area contributed by atoms with E-state index in [2.05, 4.69) is 24.5 Å². The highest BCUT2D eigenvalue weighted by Gasteiger charge is 2.24. The van der Waals surface area contributed by atoms with E-state index in [1.807, 2.05) is 6.92 Å². The Balaban J connectivity index is 2.23. The summed E-state index contributed by atoms with van der Waals surface area (Å²) in [7, 11) is 0. The topological polar surface area (TPSA) is 61.4 Å². The van der Waals surface area contributed by atoms with Gasteiger partial charge in [-0.15, -0.1) is 0 Å². The van der Waals surface area contributed by atoms with E-state index in [1.165, 1.54) is 0 Å². The molecular weight excluding hydrogens is 228 g/mol. The van der Waals surface area contributed by atoms with Crippen LogP contribution in [0.1, 0.15) is 52.9 Å². The number of aliphatic hydroxyl groups excluding tert-OH is 1. The van der Waals surface area contributed by atoms with Crippen LogP contribution < -0.4 is 10.6 Å². The third-order valence-electron chi connectivity index (χ3n) is 3.95. The van der Waals surface area contributed by atoms with Gasteiger partial charge in [-0.2, -0.15) is 0 Å². The van der Waals surface area contributed by atoms with Gasteiger partial charge in [-0.05, 0) is 51.5 Å². The third kappa shape index (κ3) is 4.94. The van der Waals surface area contributed by atoms with Crippen LogP contribution in [0, 0.1) is 5.92 Å². The Kier molecular flexibility index (Phi) is 6.65. The van der Waals surface area contributed by atoms with Gasteiger partial charge in [-0.3, -0.25) is 4.79 Å². The van der Waals surface area contributed by atoms with Gasteiger partial charge in [0.1, 0.15) is 0 Å². The molecule has 1 rings (SSSR count). The average Bonchev–Trinajstić information content (AvgIpc) is 2.78. The van der Waals surface area contributed by atoms with Crippen molar-refractivity contribution < 1.29 is 9.90 Å². The fourth-order valence-electron chi connectivity index (χ4n) is 2.49. The van der Waals surface area contributed by atoms with Gasteiger partial charge < -0.3 is 15.7 Å². The van der Waals surface area contributed by atoms with Gasteiger partial charge in [-0.25, -0.2) is 0 Å². The van der Waals surface area contributed by atoms with Crippen molar-refractivity contribution in [2.75, 3.05) is 6.54 Å². The van der Waals surface area contributed by atoms with Gasteiger partial charge >= 0.3 is 0 Å². The first-order valence-electron chi connectivity index (χ1n) is 7.28. The van der Waals surface area contributed by atoms with E-state index < -0.39 is 0 Å². The van der Waals surface area contributed by atoms with Crippen LogP contribution in [0.4, 0.5) is 0 Å². The van der Waals surface area contributed by atoms with Crippen LogP contribution in [0.15, 0.2) is 0 Å². The van der Waals surface area contributed by atoms with Crippen LogP contribution in [0.25, 0.3) is 0 Å². The molecule has 1 saturated carbocycles. The number of carbonyl (C=O) groups is 1. The second-order valence-corrected chi connectivity index (χ2v) is 5.48. The molecule has 1 aliphatic carbocycles. The largest absolute Gasteiger partial charge is 0.393 e. The Morgan fingerprint density at radius 2 is 2.00 bits per heavy atom. The minimum atomic E-state index is -0.150. The second-order valence-electron chi connectivity index (χ2n) is 5.48. The van der Waals surface area contributed by atoms with Crippen LogP contribution in [0.5, 0.6) is 0 Å². The fraction of sp³-hybridized carbons (Fsp3) is 0.929. The summed E-state index contributed by atoms with van der Waals surface area (Å²) in [5, 5.41) is 15.8. The van der Waals surface area contributed by atoms with Crippen molar-refractivity contribution in [1.82, 2.24) is 10.6 Å². The summed E-state index contributed by atoms with van der Waals surface area (Å²) in [5.41, 5.74) is 0. The minimum Gasteiger partial charge on any atom is -0.393 e. The maximum Gasteiger partial charge on any atom is 0.237 e. The highest BCUT2D eigenvalue weighted by Crippen LogP contribution is 2.24. The van der Waals surface area contributed by atoms with E-state index in [0.717, 1.165) is 38.6 Å². The predicted molar refractivity (Wildman–Crippen MR) is 73.3 cm³/mol. The molecule has 106 valence electrons. The van der Waals surface area contributed by atoms with Crippen LogP contribution in [0.3, 0.4) is 0 Å². The summed E-state index contributed by atoms with van der Waals surface area (Å²) in [6.07, 6.45) is 4.66. The molecule has 0 spiro atoms. The zero-order valence-electron chi connectivity index (χ0n) is 11.9. The molecule has 1 amide bonds. The highest BCUT2D eigenvalue weighted by molar-refractivity contribution is 5.81. The molecule has 0 aromatic rings. The van der Waals surface area contributed by atoms with Crippen molar-refractivity contribution in [2.45, 2.75) is 71.1 Å². The van der Waals surface area contributed by atoms with Crippen LogP contribution >= 0.6 is 0 Å². The monoisotopic (exact) mass is 256 g/mol. The fourth-order valence-corrected chi connectivity index (χ4v) is 2.49. The standard InChI is InChI=1S/C14H28N2O2/c1-4-12(5-2)16-14(18)10(3)15-9-11-6-7-13(17)8-11/h10-13,15,17H,4-9H2,1-3H3,(H,16,18). The molecule has 0 aliphatic heterocycles. The molecule has 4 nitrogen and oxygen atoms in total. The summed E-state index contributed by atoms with van der Waals surface area (Å²) < 4.78 is 0. The minimum absolute atomic E-state index is 0.0854. The van der Waals surface area contributed by atoms with Crippen molar-refractivity contribution in [2.24, 2.45) is 5.92 Å². The summed E-state index contributed by atoms with van der Waals surface area (Å²) in [4.78, 5) is 11.9. The third-order valence-corrected chi connectivity index (χ3v) is 3.95. The summed E-state index contributed by atoms with van der Waals surface area (Å²) >= 11 is 0. The lowest BCUT2D eigenvalue weighted by atomic mass is 10.1. The average molecular weight is 256 g/mol. The van der Waals surface area contributed by atoms with Gasteiger partial charge in [-0.1, -0.05) is 13.8 Å². The van der Waals surface area contributed by atoms with Gasteiger partial charge in [0.15, 0.2) is 0 Å². The van der Waals surface area contributed by atoms with Gasteiger partial charge in [0, 0.05) is 6.04 Å². The Hall–Kier alpha value is -0.610. The van der Waals surface area contributed by atoms with E-state index in [4.69, 9.17) is 0 Å². The SMILES string of the molecule is CCC(CC)NC(=O)C(C)NCC1CCC(O)C1. The molecule has 0 saturated heterocycles. The number of aliphatic hydroxyl groups is 1. The number of rotatable bonds is 7. The maximum absolute atomic E-state index is 11.9. The lowest BCUT2D eigenvalue weighted by Crippen LogP contribution is -2.47. The number of nitrogens with one attached hydrogen (secondary N) is 2. The van der Waals surface area contributed by atoms with Crippen molar-refractivity contribution in [3.63, 3.8) is 0 Å². The van der Waals surface area contributed by atoms with Crippen LogP contribution in [0.2, 0.25) is 0 Å². The Morgan fingerprint density at radius 3 is 2.50 bits per heavy atom. The molecule has 0 bridgehead atoms. The molecule has 3 atom stereocenters. The Morgan fingerprint density at radius 1 is 1.33 bits per heavy atom. The number of hydrogen-bond acceptors (Lipinski definition) is 3. The van der Waals surface area contributed by atoms with E-state index in [0.29, 0.717) is 5.92 Å². The first-order chi connectivity index (χ1) is 8.56. The predicted octanol–water partition coefficient (Wildman–Crippen LogP) is 1.43. The van der Waals surface area contributed by atoms with Gasteiger partial charge in [0.05, 0.1) is 12.1 Å². The van der Waals surface area contributed by atoms with E-state index in [-0.39, 0.29) is 24.1 Å². The normalized spacial score (nSPS) is 25.4. The van der Waals surface area contributed by atoms with Gasteiger partial charge in [0.2, 0.25) is 5.91 Å². The van der Waals surface area contributed by atoms with Crippen molar-refractivity contribution >= 4 is 5.91 Å². The van der Waals surface area contributed by atoms with Crippen molar-refractivity contribution in [1.29, 1.82) is 0 Å². The molecular formula is C14H28N2O2. The Labute approximate surface area is 111 Å². The molecule has 0 heterocycles. The zero-order valence-corrected chi connectivity index (χ0v) is 11.9. The molecule has 3 N–H and O–H groups in total. The number of carbonyl (C=O) groups excluding carboxylic acids is 1. The van der Waals surface area contributed by atoms with Crippen molar-refractivity contribution in [3.05, 3.63) is 0 Å². The first kappa shape index (κ1) is 15.4. The zero-order chi connectivity index (χ0) is 13.5. The summed E-state index contributed by atoms with van der Waals surface area (Å²) in [6, 6.07) is 0.137. The molecule has 3 unspecified atom stereocenters. The van der Waals surface area contributed by atoms with E-state index in [1.54, 1.807) is 0 Å². The lowest BCUT2D eigenvalue weighted by molar-refractivity contribution is -0.123. The molecule has 0 aromatic heterocycles. The molecule has 18 heavy (non-hydrogen) atoms. The van der Waals surface area contributed by atoms with Crippen LogP contribution in [-0.2, 0) is 4.79 Å². The maximum atomic E-state index is 11.9. The van der Waals surface area contributed by atoms with Crippen molar-refractivity contribution in [3.8, 4) is 0 Å². The molecule has 4 heteroatoms. The van der Waals surface area contributed by atoms with Crippen LogP contribution in [-0.4, -0.2) is 35.7 Å². The summed E-state index contributed by atoms with van der Waals surface area (Å²) in [5.74, 6) is 0.602. The number of hydrogen-bond donors (Lipinski definition) is 3. The highest BCUT2D eigenvalue weighted by atomic mass is 16.3. The van der Waals surface area contributed by atoms with E-state index in [9.17, 15) is 9.90 Å². The Bertz CT molecular complexity index is 254. The molecule has 0 radical (unpaired) electrons. The van der Waals surface area contributed by atoms with E-state index >= 15 is 0 Å². The first-order valence-corrected chi connectivity index (χ1v) is 7.28. The quantitative estimate of drug-likeness (QED) is 0.646. The summed E-state index contributed by atoms with van der Waals surface area (Å²) in [6.45, 7) is 6.91. The molecule has 0 aromatic carbocycles.